The van der Waals surface area contributed by atoms with E-state index in [0.29, 0.717) is 12.0 Å². The van der Waals surface area contributed by atoms with Gasteiger partial charge in [-0.1, -0.05) is 32.0 Å². The van der Waals surface area contributed by atoms with Crippen molar-refractivity contribution in [3.8, 4) is 5.69 Å². The quantitative estimate of drug-likeness (QED) is 0.932. The van der Waals surface area contributed by atoms with E-state index in [-0.39, 0.29) is 12.4 Å². The molecule has 0 unspecified atom stereocenters. The molecular formula is C18H27ClN4. The van der Waals surface area contributed by atoms with E-state index in [0.717, 1.165) is 31.9 Å². The Balaban J connectivity index is 0.00000192. The van der Waals surface area contributed by atoms with Gasteiger partial charge >= 0.3 is 0 Å². The highest BCUT2D eigenvalue weighted by Gasteiger charge is 2.20. The first-order chi connectivity index (χ1) is 10.6. The Morgan fingerprint density at radius 1 is 1.26 bits per heavy atom. The molecule has 2 heterocycles. The molecule has 1 aliphatic rings. The summed E-state index contributed by atoms with van der Waals surface area (Å²) < 4.78 is 2.02. The lowest BCUT2D eigenvalue weighted by Gasteiger charge is -2.31. The first kappa shape index (κ1) is 18.0. The van der Waals surface area contributed by atoms with Gasteiger partial charge in [0.05, 0.1) is 11.4 Å². The summed E-state index contributed by atoms with van der Waals surface area (Å²) in [6, 6.07) is 10.9. The second-order valence-corrected chi connectivity index (χ2v) is 6.56. The lowest BCUT2D eigenvalue weighted by atomic mass is 10.1. The zero-order chi connectivity index (χ0) is 15.5. The third kappa shape index (κ3) is 4.34. The predicted molar refractivity (Wildman–Crippen MR) is 97.6 cm³/mol. The molecule has 3 rings (SSSR count). The molecule has 5 heteroatoms. The maximum Gasteiger partial charge on any atom is 0.0699 e. The van der Waals surface area contributed by atoms with Crippen molar-refractivity contribution in [2.45, 2.75) is 39.3 Å². The van der Waals surface area contributed by atoms with Gasteiger partial charge in [0, 0.05) is 44.0 Å². The van der Waals surface area contributed by atoms with Crippen LogP contribution in [0.2, 0.25) is 0 Å². The van der Waals surface area contributed by atoms with Crippen LogP contribution in [0.4, 0.5) is 0 Å². The van der Waals surface area contributed by atoms with Crippen LogP contribution in [-0.2, 0) is 6.54 Å². The van der Waals surface area contributed by atoms with E-state index in [2.05, 4.69) is 61.5 Å². The van der Waals surface area contributed by atoms with Crippen LogP contribution in [0.3, 0.4) is 0 Å². The fraction of sp³-hybridized carbons (Fsp3) is 0.500. The first-order valence-electron chi connectivity index (χ1n) is 8.23. The summed E-state index contributed by atoms with van der Waals surface area (Å²) in [5.41, 5.74) is 3.70. The van der Waals surface area contributed by atoms with Crippen molar-refractivity contribution in [3.05, 3.63) is 47.8 Å². The normalized spacial score (nSPS) is 18.9. The van der Waals surface area contributed by atoms with Crippen LogP contribution >= 0.6 is 12.4 Å². The van der Waals surface area contributed by atoms with Gasteiger partial charge in [0.1, 0.15) is 0 Å². The number of rotatable bonds is 4. The minimum Gasteiger partial charge on any atom is -0.312 e. The average Bonchev–Trinajstić information content (AvgIpc) is 2.92. The summed E-state index contributed by atoms with van der Waals surface area (Å²) in [6.07, 6.45) is 2.21. The highest BCUT2D eigenvalue weighted by atomic mass is 35.5. The summed E-state index contributed by atoms with van der Waals surface area (Å²) in [5, 5.41) is 8.34. The largest absolute Gasteiger partial charge is 0.312 e. The number of aromatic nitrogens is 2. The van der Waals surface area contributed by atoms with E-state index in [9.17, 15) is 0 Å². The third-order valence-corrected chi connectivity index (χ3v) is 4.24. The van der Waals surface area contributed by atoms with Crippen molar-refractivity contribution in [1.29, 1.82) is 0 Å². The molecule has 1 aromatic carbocycles. The van der Waals surface area contributed by atoms with Gasteiger partial charge in [-0.05, 0) is 25.0 Å². The molecule has 0 amide bonds. The fourth-order valence-electron chi connectivity index (χ4n) is 3.14. The number of para-hydroxylation sites is 1. The van der Waals surface area contributed by atoms with Crippen molar-refractivity contribution < 1.29 is 0 Å². The van der Waals surface area contributed by atoms with Gasteiger partial charge in [-0.15, -0.1) is 12.4 Å². The van der Waals surface area contributed by atoms with Gasteiger partial charge in [-0.25, -0.2) is 4.68 Å². The van der Waals surface area contributed by atoms with Crippen molar-refractivity contribution in [2.24, 2.45) is 0 Å². The lowest BCUT2D eigenvalue weighted by Crippen LogP contribution is -2.48. The Bertz CT molecular complexity index is 609. The molecule has 4 nitrogen and oxygen atoms in total. The monoisotopic (exact) mass is 334 g/mol. The number of benzene rings is 1. The van der Waals surface area contributed by atoms with Crippen LogP contribution in [0.5, 0.6) is 0 Å². The highest BCUT2D eigenvalue weighted by Crippen LogP contribution is 2.21. The molecule has 126 valence electrons. The Kier molecular flexibility index (Phi) is 6.22. The Hall–Kier alpha value is -1.36. The van der Waals surface area contributed by atoms with Crippen LogP contribution in [-0.4, -0.2) is 40.4 Å². The van der Waals surface area contributed by atoms with Crippen LogP contribution in [0.25, 0.3) is 5.69 Å². The molecule has 0 aliphatic carbocycles. The number of halogens is 1. The molecule has 23 heavy (non-hydrogen) atoms. The van der Waals surface area contributed by atoms with E-state index < -0.39 is 0 Å². The predicted octanol–water partition coefficient (Wildman–Crippen LogP) is 3.21. The summed E-state index contributed by atoms with van der Waals surface area (Å²) in [5.74, 6) is 0.445. The summed E-state index contributed by atoms with van der Waals surface area (Å²) in [6.45, 7) is 11.0. The molecule has 1 aliphatic heterocycles. The molecular weight excluding hydrogens is 308 g/mol. The van der Waals surface area contributed by atoms with Gasteiger partial charge in [-0.3, -0.25) is 4.90 Å². The fourth-order valence-corrected chi connectivity index (χ4v) is 3.14. The summed E-state index contributed by atoms with van der Waals surface area (Å²) in [4.78, 5) is 2.53. The number of piperazine rings is 1. The van der Waals surface area contributed by atoms with Crippen molar-refractivity contribution in [2.75, 3.05) is 19.6 Å². The number of nitrogens with zero attached hydrogens (tertiary/aromatic N) is 3. The standard InChI is InChI=1S/C18H26N4.ClH/c1-14(2)18-16(12-21-10-9-19-15(3)11-21)13-22(20-18)17-7-5-4-6-8-17;/h4-8,13-15,19H,9-12H2,1-3H3;1H/t15-;/m1./s1. The van der Waals surface area contributed by atoms with Gasteiger partial charge in [-0.2, -0.15) is 5.10 Å². The molecule has 0 spiro atoms. The molecule has 1 N–H and O–H groups in total. The van der Waals surface area contributed by atoms with Gasteiger partial charge < -0.3 is 5.32 Å². The van der Waals surface area contributed by atoms with E-state index >= 15 is 0 Å². The lowest BCUT2D eigenvalue weighted by molar-refractivity contribution is 0.199. The minimum atomic E-state index is 0. The second kappa shape index (κ2) is 7.95. The SMILES string of the molecule is CC(C)c1nn(-c2ccccc2)cc1CN1CCN[C@H](C)C1.Cl. The maximum absolute atomic E-state index is 4.84. The summed E-state index contributed by atoms with van der Waals surface area (Å²) >= 11 is 0. The van der Waals surface area contributed by atoms with Crippen molar-refractivity contribution >= 4 is 12.4 Å². The zero-order valence-corrected chi connectivity index (χ0v) is 15.0. The van der Waals surface area contributed by atoms with Crippen molar-refractivity contribution in [1.82, 2.24) is 20.0 Å². The van der Waals surface area contributed by atoms with Gasteiger partial charge in [0.25, 0.3) is 0 Å². The van der Waals surface area contributed by atoms with Crippen LogP contribution in [0.15, 0.2) is 36.5 Å². The Labute approximate surface area is 145 Å². The molecule has 2 aromatic rings. The maximum atomic E-state index is 4.84. The van der Waals surface area contributed by atoms with Crippen LogP contribution < -0.4 is 5.32 Å². The van der Waals surface area contributed by atoms with Gasteiger partial charge in [0.2, 0.25) is 0 Å². The number of hydrogen-bond acceptors (Lipinski definition) is 3. The Morgan fingerprint density at radius 2 is 2.00 bits per heavy atom. The van der Waals surface area contributed by atoms with Crippen LogP contribution in [0.1, 0.15) is 37.9 Å². The van der Waals surface area contributed by atoms with Gasteiger partial charge in [0.15, 0.2) is 0 Å². The number of hydrogen-bond donors (Lipinski definition) is 1. The zero-order valence-electron chi connectivity index (χ0n) is 14.2. The molecule has 1 saturated heterocycles. The molecule has 0 saturated carbocycles. The smallest absolute Gasteiger partial charge is 0.0699 e. The molecule has 1 atom stereocenters. The van der Waals surface area contributed by atoms with E-state index in [4.69, 9.17) is 5.10 Å². The van der Waals surface area contributed by atoms with E-state index in [1.165, 1.54) is 11.3 Å². The molecule has 1 fully saturated rings. The van der Waals surface area contributed by atoms with E-state index in [1.54, 1.807) is 0 Å². The van der Waals surface area contributed by atoms with Crippen LogP contribution in [0, 0.1) is 0 Å². The average molecular weight is 335 g/mol. The molecule has 0 radical (unpaired) electrons. The third-order valence-electron chi connectivity index (χ3n) is 4.24. The highest BCUT2D eigenvalue weighted by molar-refractivity contribution is 5.85. The topological polar surface area (TPSA) is 33.1 Å². The molecule has 0 bridgehead atoms. The minimum absolute atomic E-state index is 0. The van der Waals surface area contributed by atoms with E-state index in [1.807, 2.05) is 10.7 Å². The second-order valence-electron chi connectivity index (χ2n) is 6.56. The first-order valence-corrected chi connectivity index (χ1v) is 8.23. The number of nitrogens with one attached hydrogen (secondary N) is 1. The van der Waals surface area contributed by atoms with Crippen molar-refractivity contribution in [3.63, 3.8) is 0 Å². The Morgan fingerprint density at radius 3 is 2.65 bits per heavy atom. The molecule has 1 aromatic heterocycles. The summed E-state index contributed by atoms with van der Waals surface area (Å²) in [7, 11) is 0.